The first kappa shape index (κ1) is 17.0. The number of carbonyl (C=O) groups excluding carboxylic acids is 1. The number of nitrogens with zero attached hydrogens (tertiary/aromatic N) is 4. The van der Waals surface area contributed by atoms with Crippen LogP contribution in [0.25, 0.3) is 0 Å². The van der Waals surface area contributed by atoms with E-state index < -0.39 is 0 Å². The number of nitriles is 1. The molecule has 0 radical (unpaired) electrons. The largest absolute Gasteiger partial charge is 0.304 e. The van der Waals surface area contributed by atoms with Gasteiger partial charge < -0.3 is 4.90 Å². The second-order valence-corrected chi connectivity index (χ2v) is 7.08. The molecular formula is C22H20N4O. The van der Waals surface area contributed by atoms with Gasteiger partial charge in [-0.25, -0.2) is 0 Å². The van der Waals surface area contributed by atoms with E-state index in [1.165, 1.54) is 5.56 Å². The lowest BCUT2D eigenvalue weighted by atomic mass is 10.0. The summed E-state index contributed by atoms with van der Waals surface area (Å²) in [4.78, 5) is 15.2. The van der Waals surface area contributed by atoms with Crippen LogP contribution < -0.4 is 4.90 Å². The number of carbonyl (C=O) groups is 1. The first-order valence-electron chi connectivity index (χ1n) is 8.90. The summed E-state index contributed by atoms with van der Waals surface area (Å²) in [7, 11) is 1.94. The first-order valence-corrected chi connectivity index (χ1v) is 8.90. The molecule has 0 atom stereocenters. The van der Waals surface area contributed by atoms with Gasteiger partial charge in [-0.3, -0.25) is 9.48 Å². The van der Waals surface area contributed by atoms with Crippen molar-refractivity contribution in [2.45, 2.75) is 26.8 Å². The van der Waals surface area contributed by atoms with E-state index in [1.54, 1.807) is 18.2 Å². The highest BCUT2D eigenvalue weighted by Crippen LogP contribution is 2.32. The minimum absolute atomic E-state index is 0.0654. The molecule has 1 amide bonds. The van der Waals surface area contributed by atoms with Gasteiger partial charge in [0.05, 0.1) is 24.4 Å². The molecule has 0 unspecified atom stereocenters. The van der Waals surface area contributed by atoms with Gasteiger partial charge >= 0.3 is 0 Å². The number of hydrogen-bond donors (Lipinski definition) is 0. The van der Waals surface area contributed by atoms with Crippen molar-refractivity contribution in [3.05, 3.63) is 81.7 Å². The third kappa shape index (κ3) is 2.89. The Morgan fingerprint density at radius 3 is 2.70 bits per heavy atom. The summed E-state index contributed by atoms with van der Waals surface area (Å²) in [5.41, 5.74) is 7.40. The normalized spacial score (nSPS) is 12.7. The molecule has 0 N–H and O–H groups in total. The maximum Gasteiger partial charge on any atom is 0.258 e. The average Bonchev–Trinajstić information content (AvgIpc) is 2.90. The Balaban J connectivity index is 1.83. The van der Waals surface area contributed by atoms with Gasteiger partial charge in [0.2, 0.25) is 0 Å². The summed E-state index contributed by atoms with van der Waals surface area (Å²) in [5, 5.41) is 13.5. The standard InChI is InChI=1S/C22H20N4O/c1-14-4-7-20-18(8-14)10-21-19(12-24-25(21)3)13-26(20)22(27)16-5-6-17(11-23)15(2)9-16/h4-9,12H,10,13H2,1-3H3. The Morgan fingerprint density at radius 2 is 1.96 bits per heavy atom. The summed E-state index contributed by atoms with van der Waals surface area (Å²) in [5.74, 6) is -0.0654. The van der Waals surface area contributed by atoms with Gasteiger partial charge in [0.1, 0.15) is 0 Å². The van der Waals surface area contributed by atoms with Crippen LogP contribution in [0.15, 0.2) is 42.6 Å². The van der Waals surface area contributed by atoms with E-state index in [-0.39, 0.29) is 5.91 Å². The summed E-state index contributed by atoms with van der Waals surface area (Å²) in [6.07, 6.45) is 2.59. The minimum Gasteiger partial charge on any atom is -0.304 e. The fraction of sp³-hybridized carbons (Fsp3) is 0.227. The van der Waals surface area contributed by atoms with Gasteiger partial charge in [-0.1, -0.05) is 17.7 Å². The molecule has 134 valence electrons. The molecule has 1 aliphatic heterocycles. The molecule has 0 aliphatic carbocycles. The number of aryl methyl sites for hydroxylation is 3. The first-order chi connectivity index (χ1) is 13.0. The second kappa shape index (κ2) is 6.40. The molecule has 27 heavy (non-hydrogen) atoms. The molecule has 0 saturated carbocycles. The molecule has 1 aromatic heterocycles. The Hall–Kier alpha value is -3.39. The molecule has 0 bridgehead atoms. The highest BCUT2D eigenvalue weighted by atomic mass is 16.2. The number of hydrogen-bond acceptors (Lipinski definition) is 3. The van der Waals surface area contributed by atoms with E-state index in [1.807, 2.05) is 41.9 Å². The van der Waals surface area contributed by atoms with Crippen molar-refractivity contribution in [3.8, 4) is 6.07 Å². The minimum atomic E-state index is -0.0654. The molecule has 0 saturated heterocycles. The predicted octanol–water partition coefficient (Wildman–Crippen LogP) is 3.66. The third-order valence-electron chi connectivity index (χ3n) is 5.20. The van der Waals surface area contributed by atoms with Crippen molar-refractivity contribution < 1.29 is 4.79 Å². The Kier molecular flexibility index (Phi) is 4.04. The number of benzene rings is 2. The molecule has 3 aromatic rings. The zero-order chi connectivity index (χ0) is 19.1. The van der Waals surface area contributed by atoms with Gasteiger partial charge in [0, 0.05) is 36.0 Å². The summed E-state index contributed by atoms with van der Waals surface area (Å²) in [6.45, 7) is 4.40. The van der Waals surface area contributed by atoms with Crippen LogP contribution in [-0.2, 0) is 20.0 Å². The zero-order valence-corrected chi connectivity index (χ0v) is 15.7. The Bertz CT molecular complexity index is 1100. The van der Waals surface area contributed by atoms with Crippen molar-refractivity contribution in [3.63, 3.8) is 0 Å². The van der Waals surface area contributed by atoms with Crippen molar-refractivity contribution in [2.24, 2.45) is 7.05 Å². The lowest BCUT2D eigenvalue weighted by Gasteiger charge is -2.23. The monoisotopic (exact) mass is 356 g/mol. The van der Waals surface area contributed by atoms with Gasteiger partial charge in [-0.2, -0.15) is 10.4 Å². The highest BCUT2D eigenvalue weighted by Gasteiger charge is 2.27. The third-order valence-corrected chi connectivity index (χ3v) is 5.20. The Morgan fingerprint density at radius 1 is 1.15 bits per heavy atom. The van der Waals surface area contributed by atoms with E-state index in [9.17, 15) is 4.79 Å². The molecule has 5 nitrogen and oxygen atoms in total. The van der Waals surface area contributed by atoms with Gasteiger partial charge in [-0.05, 0) is 49.2 Å². The van der Waals surface area contributed by atoms with Crippen molar-refractivity contribution in [2.75, 3.05) is 4.90 Å². The molecule has 0 spiro atoms. The summed E-state index contributed by atoms with van der Waals surface area (Å²) < 4.78 is 1.89. The lowest BCUT2D eigenvalue weighted by molar-refractivity contribution is 0.0985. The van der Waals surface area contributed by atoms with E-state index in [0.29, 0.717) is 17.7 Å². The van der Waals surface area contributed by atoms with Crippen LogP contribution in [0.1, 0.15) is 43.9 Å². The maximum atomic E-state index is 13.4. The van der Waals surface area contributed by atoms with Gasteiger partial charge in [0.25, 0.3) is 5.91 Å². The van der Waals surface area contributed by atoms with Crippen molar-refractivity contribution in [1.29, 1.82) is 5.26 Å². The number of rotatable bonds is 1. The molecule has 1 aliphatic rings. The smallest absolute Gasteiger partial charge is 0.258 e. The van der Waals surface area contributed by atoms with E-state index in [2.05, 4.69) is 24.2 Å². The van der Waals surface area contributed by atoms with E-state index in [0.717, 1.165) is 34.5 Å². The van der Waals surface area contributed by atoms with Crippen molar-refractivity contribution in [1.82, 2.24) is 9.78 Å². The van der Waals surface area contributed by atoms with Gasteiger partial charge in [-0.15, -0.1) is 0 Å². The van der Waals surface area contributed by atoms with Crippen molar-refractivity contribution >= 4 is 11.6 Å². The molecule has 4 rings (SSSR count). The SMILES string of the molecule is Cc1ccc2c(c1)Cc1c(cnn1C)CN2C(=O)c1ccc(C#N)c(C)c1. The molecular weight excluding hydrogens is 336 g/mol. The molecule has 2 heterocycles. The van der Waals surface area contributed by atoms with E-state index in [4.69, 9.17) is 5.26 Å². The maximum absolute atomic E-state index is 13.4. The Labute approximate surface area is 158 Å². The molecule has 5 heteroatoms. The predicted molar refractivity (Wildman–Crippen MR) is 104 cm³/mol. The summed E-state index contributed by atoms with van der Waals surface area (Å²) in [6, 6.07) is 13.6. The van der Waals surface area contributed by atoms with Gasteiger partial charge in [0.15, 0.2) is 0 Å². The van der Waals surface area contributed by atoms with E-state index >= 15 is 0 Å². The molecule has 0 fully saturated rings. The van der Waals surface area contributed by atoms with Crippen LogP contribution in [0, 0.1) is 25.2 Å². The van der Waals surface area contributed by atoms with Crippen LogP contribution in [0.4, 0.5) is 5.69 Å². The lowest BCUT2D eigenvalue weighted by Crippen LogP contribution is -2.30. The molecule has 2 aromatic carbocycles. The van der Waals surface area contributed by atoms with Crippen LogP contribution in [0.3, 0.4) is 0 Å². The number of fused-ring (bicyclic) bond motifs is 2. The van der Waals surface area contributed by atoms with Crippen LogP contribution in [-0.4, -0.2) is 15.7 Å². The fourth-order valence-corrected chi connectivity index (χ4v) is 3.68. The van der Waals surface area contributed by atoms with Crippen LogP contribution >= 0.6 is 0 Å². The van der Waals surface area contributed by atoms with Crippen LogP contribution in [0.2, 0.25) is 0 Å². The topological polar surface area (TPSA) is 61.9 Å². The summed E-state index contributed by atoms with van der Waals surface area (Å²) >= 11 is 0. The second-order valence-electron chi connectivity index (χ2n) is 7.08. The highest BCUT2D eigenvalue weighted by molar-refractivity contribution is 6.06. The fourth-order valence-electron chi connectivity index (χ4n) is 3.68. The quantitative estimate of drug-likeness (QED) is 0.668. The zero-order valence-electron chi connectivity index (χ0n) is 15.7. The number of amides is 1. The number of anilines is 1. The van der Waals surface area contributed by atoms with Crippen LogP contribution in [0.5, 0.6) is 0 Å². The number of aromatic nitrogens is 2. The average molecular weight is 356 g/mol.